The van der Waals surface area contributed by atoms with Gasteiger partial charge in [0.1, 0.15) is 0 Å². The van der Waals surface area contributed by atoms with Gasteiger partial charge < -0.3 is 4.90 Å². The lowest BCUT2D eigenvalue weighted by molar-refractivity contribution is 0.0783. The molecule has 0 N–H and O–H groups in total. The van der Waals surface area contributed by atoms with Gasteiger partial charge in [-0.1, -0.05) is 6.07 Å². The molecule has 1 aromatic heterocycles. The van der Waals surface area contributed by atoms with Crippen LogP contribution in [0.25, 0.3) is 0 Å². The zero-order valence-corrected chi connectivity index (χ0v) is 12.0. The topological polar surface area (TPSA) is 33.2 Å². The molecule has 0 fully saturated rings. The van der Waals surface area contributed by atoms with Crippen molar-refractivity contribution in [2.24, 2.45) is 0 Å². The summed E-state index contributed by atoms with van der Waals surface area (Å²) >= 11 is 5.83. The van der Waals surface area contributed by atoms with Gasteiger partial charge in [0, 0.05) is 22.9 Å². The minimum absolute atomic E-state index is 0.0171. The lowest BCUT2D eigenvalue weighted by Crippen LogP contribution is -2.26. The number of amides is 1. The number of benzene rings is 1. The molecule has 0 saturated heterocycles. The SMILES string of the molecule is Cc1nc(CN(C)C(=O)c2cccc(S)c2)cs1. The van der Waals surface area contributed by atoms with Crippen LogP contribution in [0.1, 0.15) is 21.1 Å². The summed E-state index contributed by atoms with van der Waals surface area (Å²) in [5, 5.41) is 3.00. The second kappa shape index (κ2) is 5.54. The maximum Gasteiger partial charge on any atom is 0.253 e. The molecule has 2 rings (SSSR count). The van der Waals surface area contributed by atoms with Gasteiger partial charge >= 0.3 is 0 Å². The molecule has 94 valence electrons. The lowest BCUT2D eigenvalue weighted by Gasteiger charge is -2.16. The van der Waals surface area contributed by atoms with Crippen LogP contribution in [-0.2, 0) is 6.54 Å². The Balaban J connectivity index is 2.09. The number of aromatic nitrogens is 1. The Labute approximate surface area is 116 Å². The molecule has 0 atom stereocenters. The molecule has 1 amide bonds. The van der Waals surface area contributed by atoms with Crippen LogP contribution in [0.4, 0.5) is 0 Å². The minimum atomic E-state index is -0.0171. The quantitative estimate of drug-likeness (QED) is 0.876. The van der Waals surface area contributed by atoms with Crippen LogP contribution in [0.3, 0.4) is 0 Å². The number of thiol groups is 1. The number of hydrogen-bond acceptors (Lipinski definition) is 4. The molecule has 1 heterocycles. The summed E-state index contributed by atoms with van der Waals surface area (Å²) in [7, 11) is 1.78. The zero-order chi connectivity index (χ0) is 13.1. The zero-order valence-electron chi connectivity index (χ0n) is 10.3. The summed E-state index contributed by atoms with van der Waals surface area (Å²) in [6, 6.07) is 7.25. The van der Waals surface area contributed by atoms with Crippen molar-refractivity contribution in [3.8, 4) is 0 Å². The maximum atomic E-state index is 12.2. The molecule has 3 nitrogen and oxygen atoms in total. The number of nitrogens with zero attached hydrogens (tertiary/aromatic N) is 2. The average molecular weight is 278 g/mol. The fourth-order valence-electron chi connectivity index (χ4n) is 1.65. The van der Waals surface area contributed by atoms with E-state index in [-0.39, 0.29) is 5.91 Å². The fourth-order valence-corrected chi connectivity index (χ4v) is 2.48. The second-order valence-electron chi connectivity index (χ2n) is 4.07. The van der Waals surface area contributed by atoms with Crippen LogP contribution in [0, 0.1) is 6.92 Å². The van der Waals surface area contributed by atoms with E-state index in [9.17, 15) is 4.79 Å². The van der Waals surface area contributed by atoms with Gasteiger partial charge in [-0.25, -0.2) is 4.98 Å². The Hall–Kier alpha value is -1.33. The molecule has 0 bridgehead atoms. The van der Waals surface area contributed by atoms with Crippen LogP contribution in [0.5, 0.6) is 0 Å². The van der Waals surface area contributed by atoms with E-state index in [2.05, 4.69) is 17.6 Å². The van der Waals surface area contributed by atoms with Crippen LogP contribution < -0.4 is 0 Å². The standard InChI is InChI=1S/C13H14N2OS2/c1-9-14-11(8-18-9)7-15(2)13(16)10-4-3-5-12(17)6-10/h3-6,8,17H,7H2,1-2H3. The summed E-state index contributed by atoms with van der Waals surface area (Å²) < 4.78 is 0. The van der Waals surface area contributed by atoms with Crippen LogP contribution >= 0.6 is 24.0 Å². The van der Waals surface area contributed by atoms with Crippen molar-refractivity contribution in [3.63, 3.8) is 0 Å². The minimum Gasteiger partial charge on any atom is -0.336 e. The van der Waals surface area contributed by atoms with E-state index < -0.39 is 0 Å². The van der Waals surface area contributed by atoms with Gasteiger partial charge in [0.25, 0.3) is 5.91 Å². The molecule has 0 unspecified atom stereocenters. The summed E-state index contributed by atoms with van der Waals surface area (Å²) in [5.41, 5.74) is 1.58. The maximum absolute atomic E-state index is 12.2. The molecule has 18 heavy (non-hydrogen) atoms. The predicted molar refractivity (Wildman–Crippen MR) is 76.3 cm³/mol. The van der Waals surface area contributed by atoms with E-state index >= 15 is 0 Å². The van der Waals surface area contributed by atoms with Gasteiger partial charge in [0.15, 0.2) is 0 Å². The highest BCUT2D eigenvalue weighted by molar-refractivity contribution is 7.80. The van der Waals surface area contributed by atoms with Gasteiger partial charge in [-0.2, -0.15) is 0 Å². The number of aryl methyl sites for hydroxylation is 1. The normalized spacial score (nSPS) is 10.4. The third-order valence-corrected chi connectivity index (χ3v) is 3.61. The first kappa shape index (κ1) is 13.1. The molecule has 0 spiro atoms. The molecule has 0 aliphatic heterocycles. The third kappa shape index (κ3) is 3.11. The number of thiazole rings is 1. The molecule has 5 heteroatoms. The Morgan fingerprint density at radius 1 is 1.50 bits per heavy atom. The summed E-state index contributed by atoms with van der Waals surface area (Å²) in [6.07, 6.45) is 0. The molecule has 0 saturated carbocycles. The molecular weight excluding hydrogens is 264 g/mol. The third-order valence-electron chi connectivity index (χ3n) is 2.51. The number of hydrogen-bond donors (Lipinski definition) is 1. The van der Waals surface area contributed by atoms with Gasteiger partial charge in [-0.05, 0) is 25.1 Å². The first-order valence-corrected chi connectivity index (χ1v) is 6.84. The van der Waals surface area contributed by atoms with Gasteiger partial charge in [-0.3, -0.25) is 4.79 Å². The van der Waals surface area contributed by atoms with E-state index in [4.69, 9.17) is 0 Å². The monoisotopic (exact) mass is 278 g/mol. The highest BCUT2D eigenvalue weighted by Gasteiger charge is 2.13. The van der Waals surface area contributed by atoms with E-state index in [1.807, 2.05) is 24.4 Å². The number of rotatable bonds is 3. The Morgan fingerprint density at radius 3 is 2.89 bits per heavy atom. The molecule has 0 radical (unpaired) electrons. The number of carbonyl (C=O) groups excluding carboxylic acids is 1. The number of carbonyl (C=O) groups is 1. The Bertz CT molecular complexity index is 566. The molecule has 2 aromatic rings. The Kier molecular flexibility index (Phi) is 4.04. The van der Waals surface area contributed by atoms with Crippen LogP contribution in [0.2, 0.25) is 0 Å². The average Bonchev–Trinajstić information content (AvgIpc) is 2.73. The van der Waals surface area contributed by atoms with Crippen molar-refractivity contribution in [2.75, 3.05) is 7.05 Å². The van der Waals surface area contributed by atoms with Crippen molar-refractivity contribution in [2.45, 2.75) is 18.4 Å². The van der Waals surface area contributed by atoms with Crippen molar-refractivity contribution >= 4 is 29.9 Å². The van der Waals surface area contributed by atoms with Crippen molar-refractivity contribution in [1.29, 1.82) is 0 Å². The van der Waals surface area contributed by atoms with Crippen LogP contribution in [0.15, 0.2) is 34.5 Å². The molecular formula is C13H14N2OS2. The predicted octanol–water partition coefficient (Wildman–Crippen LogP) is 3.01. The van der Waals surface area contributed by atoms with E-state index in [1.165, 1.54) is 0 Å². The highest BCUT2D eigenvalue weighted by atomic mass is 32.1. The van der Waals surface area contributed by atoms with Gasteiger partial charge in [0.2, 0.25) is 0 Å². The first-order chi connectivity index (χ1) is 8.56. The largest absolute Gasteiger partial charge is 0.336 e. The second-order valence-corrected chi connectivity index (χ2v) is 5.65. The van der Waals surface area contributed by atoms with Gasteiger partial charge in [0.05, 0.1) is 17.2 Å². The van der Waals surface area contributed by atoms with Gasteiger partial charge in [-0.15, -0.1) is 24.0 Å². The molecule has 0 aliphatic carbocycles. The Morgan fingerprint density at radius 2 is 2.28 bits per heavy atom. The van der Waals surface area contributed by atoms with E-state index in [1.54, 1.807) is 35.4 Å². The lowest BCUT2D eigenvalue weighted by atomic mass is 10.2. The van der Waals surface area contributed by atoms with Crippen molar-refractivity contribution < 1.29 is 4.79 Å². The van der Waals surface area contributed by atoms with E-state index in [0.717, 1.165) is 15.6 Å². The first-order valence-electron chi connectivity index (χ1n) is 5.52. The summed E-state index contributed by atoms with van der Waals surface area (Å²) in [6.45, 7) is 2.49. The molecule has 0 aliphatic rings. The fraction of sp³-hybridized carbons (Fsp3) is 0.231. The summed E-state index contributed by atoms with van der Waals surface area (Å²) in [5.74, 6) is -0.0171. The van der Waals surface area contributed by atoms with Crippen molar-refractivity contribution in [3.05, 3.63) is 45.9 Å². The van der Waals surface area contributed by atoms with Crippen molar-refractivity contribution in [1.82, 2.24) is 9.88 Å². The molecule has 1 aromatic carbocycles. The highest BCUT2D eigenvalue weighted by Crippen LogP contribution is 2.14. The smallest absolute Gasteiger partial charge is 0.253 e. The summed E-state index contributed by atoms with van der Waals surface area (Å²) in [4.78, 5) is 19.0. The van der Waals surface area contributed by atoms with E-state index in [0.29, 0.717) is 12.1 Å². The van der Waals surface area contributed by atoms with Crippen LogP contribution in [-0.4, -0.2) is 22.8 Å².